The predicted molar refractivity (Wildman–Crippen MR) is 78.7 cm³/mol. The number of Topliss-reactive ketones (excluding diaryl/α,β-unsaturated/α-hetero) is 1. The lowest BCUT2D eigenvalue weighted by Crippen LogP contribution is -2.31. The molecule has 0 N–H and O–H groups in total. The Morgan fingerprint density at radius 2 is 1.84 bits per heavy atom. The van der Waals surface area contributed by atoms with Crippen LogP contribution in [0.4, 0.5) is 0 Å². The summed E-state index contributed by atoms with van der Waals surface area (Å²) in [5.41, 5.74) is 0. The Hall–Kier alpha value is -1.68. The van der Waals surface area contributed by atoms with Gasteiger partial charge in [-0.1, -0.05) is 18.2 Å². The van der Waals surface area contributed by atoms with Crippen molar-refractivity contribution in [2.45, 2.75) is 20.3 Å². The van der Waals surface area contributed by atoms with E-state index in [0.717, 1.165) is 10.1 Å². The average molecular weight is 275 g/mol. The molecule has 0 aliphatic carbocycles. The summed E-state index contributed by atoms with van der Waals surface area (Å²) in [7, 11) is 0. The minimum absolute atomic E-state index is 0.0332. The van der Waals surface area contributed by atoms with E-state index in [1.165, 1.54) is 11.3 Å². The Kier molecular flexibility index (Phi) is 4.32. The molecule has 0 aliphatic rings. The number of rotatable bonds is 5. The van der Waals surface area contributed by atoms with Gasteiger partial charge in [-0.2, -0.15) is 0 Å². The zero-order chi connectivity index (χ0) is 13.8. The van der Waals surface area contributed by atoms with Crippen molar-refractivity contribution in [1.82, 2.24) is 4.90 Å². The van der Waals surface area contributed by atoms with Gasteiger partial charge in [-0.05, 0) is 31.4 Å². The first-order chi connectivity index (χ1) is 9.15. The Labute approximate surface area is 116 Å². The van der Waals surface area contributed by atoms with Gasteiger partial charge in [-0.3, -0.25) is 9.59 Å². The third kappa shape index (κ3) is 3.01. The van der Waals surface area contributed by atoms with Crippen molar-refractivity contribution in [2.24, 2.45) is 0 Å². The SMILES string of the molecule is CCN(CC)C(=O)CC(=O)c1cc2ccccc2s1. The molecular weight excluding hydrogens is 258 g/mol. The molecule has 1 heterocycles. The van der Waals surface area contributed by atoms with Gasteiger partial charge in [0.2, 0.25) is 5.91 Å². The highest BCUT2D eigenvalue weighted by Crippen LogP contribution is 2.26. The van der Waals surface area contributed by atoms with Crippen LogP contribution < -0.4 is 0 Å². The van der Waals surface area contributed by atoms with Crippen molar-refractivity contribution in [1.29, 1.82) is 0 Å². The van der Waals surface area contributed by atoms with Crippen LogP contribution in [-0.2, 0) is 4.79 Å². The molecule has 0 bridgehead atoms. The molecule has 0 spiro atoms. The highest BCUT2D eigenvalue weighted by molar-refractivity contribution is 7.20. The molecule has 0 fully saturated rings. The van der Waals surface area contributed by atoms with Crippen LogP contribution in [0.5, 0.6) is 0 Å². The Bertz CT molecular complexity index is 566. The molecule has 0 radical (unpaired) electrons. The number of carbonyl (C=O) groups is 2. The molecule has 1 amide bonds. The second-order valence-electron chi connectivity index (χ2n) is 4.31. The summed E-state index contributed by atoms with van der Waals surface area (Å²) >= 11 is 1.45. The number of ketones is 1. The van der Waals surface area contributed by atoms with E-state index in [0.29, 0.717) is 18.0 Å². The monoisotopic (exact) mass is 275 g/mol. The van der Waals surface area contributed by atoms with Crippen LogP contribution in [-0.4, -0.2) is 29.7 Å². The van der Waals surface area contributed by atoms with Crippen LogP contribution >= 0.6 is 11.3 Å². The number of benzene rings is 1. The normalized spacial score (nSPS) is 10.6. The van der Waals surface area contributed by atoms with Crippen LogP contribution in [0.25, 0.3) is 10.1 Å². The first kappa shape index (κ1) is 13.7. The van der Waals surface area contributed by atoms with E-state index >= 15 is 0 Å². The largest absolute Gasteiger partial charge is 0.343 e. The quantitative estimate of drug-likeness (QED) is 0.620. The molecule has 3 nitrogen and oxygen atoms in total. The highest BCUT2D eigenvalue weighted by atomic mass is 32.1. The lowest BCUT2D eigenvalue weighted by molar-refractivity contribution is -0.129. The molecule has 19 heavy (non-hydrogen) atoms. The number of amides is 1. The zero-order valence-corrected chi connectivity index (χ0v) is 12.0. The minimum Gasteiger partial charge on any atom is -0.343 e. The Morgan fingerprint density at radius 1 is 1.16 bits per heavy atom. The van der Waals surface area contributed by atoms with Gasteiger partial charge in [-0.15, -0.1) is 11.3 Å². The van der Waals surface area contributed by atoms with E-state index in [9.17, 15) is 9.59 Å². The number of thiophene rings is 1. The third-order valence-corrected chi connectivity index (χ3v) is 4.29. The van der Waals surface area contributed by atoms with Gasteiger partial charge in [-0.25, -0.2) is 0 Å². The second-order valence-corrected chi connectivity index (χ2v) is 5.40. The van der Waals surface area contributed by atoms with Crippen molar-refractivity contribution in [3.8, 4) is 0 Å². The van der Waals surface area contributed by atoms with Gasteiger partial charge in [0.15, 0.2) is 5.78 Å². The Balaban J connectivity index is 2.13. The van der Waals surface area contributed by atoms with Gasteiger partial charge < -0.3 is 4.90 Å². The molecule has 2 aromatic rings. The fourth-order valence-corrected chi connectivity index (χ4v) is 3.03. The van der Waals surface area contributed by atoms with Crippen molar-refractivity contribution in [2.75, 3.05) is 13.1 Å². The van der Waals surface area contributed by atoms with E-state index in [1.54, 1.807) is 4.90 Å². The van der Waals surface area contributed by atoms with E-state index in [4.69, 9.17) is 0 Å². The molecule has 1 aromatic heterocycles. The molecule has 2 rings (SSSR count). The van der Waals surface area contributed by atoms with Crippen molar-refractivity contribution < 1.29 is 9.59 Å². The molecule has 0 atom stereocenters. The smallest absolute Gasteiger partial charge is 0.230 e. The van der Waals surface area contributed by atoms with Crippen LogP contribution in [0, 0.1) is 0 Å². The van der Waals surface area contributed by atoms with Crippen LogP contribution in [0.15, 0.2) is 30.3 Å². The topological polar surface area (TPSA) is 37.4 Å². The van der Waals surface area contributed by atoms with Gasteiger partial charge in [0, 0.05) is 17.8 Å². The standard InChI is InChI=1S/C15H17NO2S/c1-3-16(4-2)15(18)10-12(17)14-9-11-7-5-6-8-13(11)19-14/h5-9H,3-4,10H2,1-2H3. The first-order valence-corrected chi connectivity index (χ1v) is 7.27. The zero-order valence-electron chi connectivity index (χ0n) is 11.2. The summed E-state index contributed by atoms with van der Waals surface area (Å²) in [6.07, 6.45) is -0.0332. The lowest BCUT2D eigenvalue weighted by atomic mass is 10.2. The van der Waals surface area contributed by atoms with Crippen molar-refractivity contribution in [3.63, 3.8) is 0 Å². The molecule has 0 aliphatic heterocycles. The maximum Gasteiger partial charge on any atom is 0.230 e. The molecule has 100 valence electrons. The fraction of sp³-hybridized carbons (Fsp3) is 0.333. The summed E-state index contributed by atoms with van der Waals surface area (Å²) in [5, 5.41) is 1.06. The summed E-state index contributed by atoms with van der Waals surface area (Å²) in [4.78, 5) is 26.4. The van der Waals surface area contributed by atoms with Gasteiger partial charge >= 0.3 is 0 Å². The average Bonchev–Trinajstić information content (AvgIpc) is 2.84. The molecule has 0 saturated carbocycles. The number of hydrogen-bond acceptors (Lipinski definition) is 3. The third-order valence-electron chi connectivity index (χ3n) is 3.13. The second kappa shape index (κ2) is 5.97. The molecule has 1 aromatic carbocycles. The Morgan fingerprint density at radius 3 is 2.47 bits per heavy atom. The van der Waals surface area contributed by atoms with Gasteiger partial charge in [0.05, 0.1) is 11.3 Å². The van der Waals surface area contributed by atoms with Crippen molar-refractivity contribution >= 4 is 33.1 Å². The fourth-order valence-electron chi connectivity index (χ4n) is 2.03. The first-order valence-electron chi connectivity index (χ1n) is 6.45. The van der Waals surface area contributed by atoms with E-state index in [2.05, 4.69) is 0 Å². The number of nitrogens with zero attached hydrogens (tertiary/aromatic N) is 1. The van der Waals surface area contributed by atoms with E-state index < -0.39 is 0 Å². The van der Waals surface area contributed by atoms with E-state index in [-0.39, 0.29) is 18.1 Å². The molecule has 0 unspecified atom stereocenters. The van der Waals surface area contributed by atoms with Crippen LogP contribution in [0.1, 0.15) is 29.9 Å². The lowest BCUT2D eigenvalue weighted by Gasteiger charge is -2.17. The summed E-state index contributed by atoms with van der Waals surface area (Å²) in [5.74, 6) is -0.175. The number of carbonyl (C=O) groups excluding carboxylic acids is 2. The maximum atomic E-state index is 12.1. The van der Waals surface area contributed by atoms with Gasteiger partial charge in [0.1, 0.15) is 0 Å². The van der Waals surface area contributed by atoms with Crippen LogP contribution in [0.3, 0.4) is 0 Å². The molecular formula is C15H17NO2S. The number of hydrogen-bond donors (Lipinski definition) is 0. The van der Waals surface area contributed by atoms with Crippen LogP contribution in [0.2, 0.25) is 0 Å². The molecule has 4 heteroatoms. The summed E-state index contributed by atoms with van der Waals surface area (Å²) in [6.45, 7) is 5.14. The van der Waals surface area contributed by atoms with E-state index in [1.807, 2.05) is 44.2 Å². The predicted octanol–water partition coefficient (Wildman–Crippen LogP) is 3.34. The van der Waals surface area contributed by atoms with Gasteiger partial charge in [0.25, 0.3) is 0 Å². The van der Waals surface area contributed by atoms with Crippen molar-refractivity contribution in [3.05, 3.63) is 35.2 Å². The molecule has 0 saturated heterocycles. The summed E-state index contributed by atoms with van der Waals surface area (Å²) in [6, 6.07) is 9.74. The minimum atomic E-state index is -0.0903. The highest BCUT2D eigenvalue weighted by Gasteiger charge is 2.17. The maximum absolute atomic E-state index is 12.1. The number of fused-ring (bicyclic) bond motifs is 1. The summed E-state index contributed by atoms with van der Waals surface area (Å²) < 4.78 is 1.08.